The molecule has 0 radical (unpaired) electrons. The van der Waals surface area contributed by atoms with Gasteiger partial charge in [-0.2, -0.15) is 0 Å². The SMILES string of the molecule is O=C1C[C@H](c2ccc(Cl)cc2)CC(Sc2ccccn2)=C1CS(=O)(=O)c1ccccc1. The van der Waals surface area contributed by atoms with E-state index in [0.717, 1.165) is 15.5 Å². The highest BCUT2D eigenvalue weighted by molar-refractivity contribution is 8.03. The molecule has 2 aromatic carbocycles. The molecule has 1 aliphatic carbocycles. The lowest BCUT2D eigenvalue weighted by Gasteiger charge is -2.26. The number of carbonyl (C=O) groups excluding carboxylic acids is 1. The van der Waals surface area contributed by atoms with Crippen molar-refractivity contribution in [2.24, 2.45) is 0 Å². The molecular formula is C24H20ClNO3S2. The lowest BCUT2D eigenvalue weighted by molar-refractivity contribution is -0.116. The van der Waals surface area contributed by atoms with Crippen LogP contribution in [0.15, 0.2) is 99.4 Å². The minimum atomic E-state index is -3.64. The summed E-state index contributed by atoms with van der Waals surface area (Å²) in [6.45, 7) is 0. The van der Waals surface area contributed by atoms with Crippen molar-refractivity contribution in [3.05, 3.63) is 100 Å². The van der Waals surface area contributed by atoms with Gasteiger partial charge in [0.1, 0.15) is 5.03 Å². The second-order valence-electron chi connectivity index (χ2n) is 7.32. The molecule has 0 fully saturated rings. The van der Waals surface area contributed by atoms with Crippen molar-refractivity contribution in [2.75, 3.05) is 5.75 Å². The highest BCUT2D eigenvalue weighted by Gasteiger charge is 2.32. The van der Waals surface area contributed by atoms with Crippen LogP contribution in [0.5, 0.6) is 0 Å². The van der Waals surface area contributed by atoms with Gasteiger partial charge in [0.2, 0.25) is 0 Å². The van der Waals surface area contributed by atoms with E-state index in [-0.39, 0.29) is 28.8 Å². The average Bonchev–Trinajstić information content (AvgIpc) is 2.78. The third-order valence-corrected chi connectivity index (χ3v) is 8.20. The molecule has 0 aliphatic heterocycles. The third-order valence-electron chi connectivity index (χ3n) is 5.18. The van der Waals surface area contributed by atoms with E-state index < -0.39 is 9.84 Å². The molecule has 0 N–H and O–H groups in total. The maximum atomic E-state index is 13.2. The summed E-state index contributed by atoms with van der Waals surface area (Å²) >= 11 is 7.38. The van der Waals surface area contributed by atoms with E-state index in [4.69, 9.17) is 11.6 Å². The van der Waals surface area contributed by atoms with Crippen LogP contribution >= 0.6 is 23.4 Å². The standard InChI is InChI=1S/C24H20ClNO3S2/c25-19-11-9-17(10-12-19)18-14-22(27)21(16-31(28,29)20-6-2-1-3-7-20)23(15-18)30-24-8-4-5-13-26-24/h1-13,18H,14-16H2/t18-/m0/s1. The number of hydrogen-bond donors (Lipinski definition) is 0. The summed E-state index contributed by atoms with van der Waals surface area (Å²) in [5.74, 6) is -0.471. The summed E-state index contributed by atoms with van der Waals surface area (Å²) in [6.07, 6.45) is 2.53. The molecule has 0 amide bonds. The number of benzene rings is 2. The fourth-order valence-electron chi connectivity index (χ4n) is 3.59. The lowest BCUT2D eigenvalue weighted by Crippen LogP contribution is -2.23. The molecule has 7 heteroatoms. The number of ketones is 1. The number of thioether (sulfide) groups is 1. The number of halogens is 1. The van der Waals surface area contributed by atoms with E-state index in [1.54, 1.807) is 36.5 Å². The molecule has 31 heavy (non-hydrogen) atoms. The van der Waals surface area contributed by atoms with E-state index in [1.165, 1.54) is 11.8 Å². The second-order valence-corrected chi connectivity index (χ2v) is 10.9. The first-order valence-electron chi connectivity index (χ1n) is 9.80. The predicted octanol–water partition coefficient (Wildman–Crippen LogP) is 5.70. The molecule has 0 unspecified atom stereocenters. The van der Waals surface area contributed by atoms with Crippen molar-refractivity contribution in [2.45, 2.75) is 28.7 Å². The van der Waals surface area contributed by atoms with E-state index >= 15 is 0 Å². The highest BCUT2D eigenvalue weighted by atomic mass is 35.5. The summed E-state index contributed by atoms with van der Waals surface area (Å²) in [5.41, 5.74) is 1.38. The molecule has 3 aromatic rings. The molecule has 0 bridgehead atoms. The van der Waals surface area contributed by atoms with Crippen LogP contribution in [0.2, 0.25) is 5.02 Å². The van der Waals surface area contributed by atoms with Gasteiger partial charge >= 0.3 is 0 Å². The van der Waals surface area contributed by atoms with Crippen LogP contribution in [0.1, 0.15) is 24.3 Å². The van der Waals surface area contributed by atoms with Crippen molar-refractivity contribution >= 4 is 39.0 Å². The molecule has 0 spiro atoms. The van der Waals surface area contributed by atoms with Gasteiger partial charge in [0, 0.05) is 23.2 Å². The molecule has 1 aromatic heterocycles. The number of rotatable bonds is 6. The maximum Gasteiger partial charge on any atom is 0.182 e. The van der Waals surface area contributed by atoms with Crippen LogP contribution in [0.25, 0.3) is 0 Å². The van der Waals surface area contributed by atoms with Gasteiger partial charge in [0.05, 0.1) is 10.6 Å². The molecule has 1 heterocycles. The van der Waals surface area contributed by atoms with Gasteiger partial charge in [-0.1, -0.05) is 59.8 Å². The Hall–Kier alpha value is -2.41. The van der Waals surface area contributed by atoms with Crippen LogP contribution in [-0.4, -0.2) is 24.9 Å². The number of pyridine rings is 1. The number of nitrogens with zero attached hydrogens (tertiary/aromatic N) is 1. The summed E-state index contributed by atoms with van der Waals surface area (Å²) in [4.78, 5) is 18.5. The topological polar surface area (TPSA) is 64.1 Å². The Kier molecular flexibility index (Phi) is 6.60. The van der Waals surface area contributed by atoms with E-state index in [9.17, 15) is 13.2 Å². The van der Waals surface area contributed by atoms with Crippen LogP contribution in [-0.2, 0) is 14.6 Å². The lowest BCUT2D eigenvalue weighted by atomic mass is 9.84. The number of hydrogen-bond acceptors (Lipinski definition) is 5. The molecular weight excluding hydrogens is 450 g/mol. The van der Waals surface area contributed by atoms with E-state index in [0.29, 0.717) is 17.0 Å². The van der Waals surface area contributed by atoms with E-state index in [2.05, 4.69) is 4.98 Å². The van der Waals surface area contributed by atoms with E-state index in [1.807, 2.05) is 42.5 Å². The van der Waals surface area contributed by atoms with Crippen LogP contribution in [0.3, 0.4) is 0 Å². The first-order valence-corrected chi connectivity index (χ1v) is 12.6. The van der Waals surface area contributed by atoms with Gasteiger partial charge in [-0.05, 0) is 59.2 Å². The number of sulfone groups is 1. The quantitative estimate of drug-likeness (QED) is 0.463. The van der Waals surface area contributed by atoms with Crippen LogP contribution < -0.4 is 0 Å². The Labute approximate surface area is 191 Å². The molecule has 1 atom stereocenters. The van der Waals surface area contributed by atoms with Crippen molar-refractivity contribution in [1.82, 2.24) is 4.98 Å². The zero-order chi connectivity index (χ0) is 21.8. The first kappa shape index (κ1) is 21.8. The number of aromatic nitrogens is 1. The fraction of sp³-hybridized carbons (Fsp3) is 0.167. The molecule has 1 aliphatic rings. The van der Waals surface area contributed by atoms with Crippen molar-refractivity contribution in [3.63, 3.8) is 0 Å². The summed E-state index contributed by atoms with van der Waals surface area (Å²) in [5, 5.41) is 1.37. The second kappa shape index (κ2) is 9.39. The third kappa shape index (κ3) is 5.26. The summed E-state index contributed by atoms with van der Waals surface area (Å²) in [6, 6.07) is 21.3. The molecule has 0 saturated heterocycles. The Bertz CT molecular complexity index is 1210. The minimum Gasteiger partial charge on any atom is -0.294 e. The molecule has 4 nitrogen and oxygen atoms in total. The maximum absolute atomic E-state index is 13.2. The fourth-order valence-corrected chi connectivity index (χ4v) is 6.37. The van der Waals surface area contributed by atoms with Gasteiger partial charge < -0.3 is 0 Å². The summed E-state index contributed by atoms with van der Waals surface area (Å²) < 4.78 is 26.0. The number of Topliss-reactive ketones (excluding diaryl/α,β-unsaturated/α-hetero) is 1. The smallest absolute Gasteiger partial charge is 0.182 e. The molecule has 4 rings (SSSR count). The predicted molar refractivity (Wildman–Crippen MR) is 124 cm³/mol. The minimum absolute atomic E-state index is 0.0286. The van der Waals surface area contributed by atoms with Gasteiger partial charge in [-0.25, -0.2) is 13.4 Å². The average molecular weight is 470 g/mol. The van der Waals surface area contributed by atoms with Gasteiger partial charge in [0.25, 0.3) is 0 Å². The molecule has 0 saturated carbocycles. The normalized spacial score (nSPS) is 17.1. The first-order chi connectivity index (χ1) is 14.9. The number of allylic oxidation sites excluding steroid dienone is 1. The summed E-state index contributed by atoms with van der Waals surface area (Å²) in [7, 11) is -3.64. The van der Waals surface area contributed by atoms with Crippen molar-refractivity contribution < 1.29 is 13.2 Å². The monoisotopic (exact) mass is 469 g/mol. The Morgan fingerprint density at radius 1 is 0.935 bits per heavy atom. The van der Waals surface area contributed by atoms with Crippen LogP contribution in [0.4, 0.5) is 0 Å². The van der Waals surface area contributed by atoms with Crippen LogP contribution in [0, 0.1) is 0 Å². The van der Waals surface area contributed by atoms with Gasteiger partial charge in [0.15, 0.2) is 15.6 Å². The van der Waals surface area contributed by atoms with Gasteiger partial charge in [-0.3, -0.25) is 4.79 Å². The Morgan fingerprint density at radius 2 is 1.65 bits per heavy atom. The van der Waals surface area contributed by atoms with Crippen molar-refractivity contribution in [1.29, 1.82) is 0 Å². The highest BCUT2D eigenvalue weighted by Crippen LogP contribution is 2.42. The van der Waals surface area contributed by atoms with Gasteiger partial charge in [-0.15, -0.1) is 0 Å². The zero-order valence-corrected chi connectivity index (χ0v) is 19.0. The largest absolute Gasteiger partial charge is 0.294 e. The molecule has 158 valence electrons. The zero-order valence-electron chi connectivity index (χ0n) is 16.6. The Morgan fingerprint density at radius 3 is 2.32 bits per heavy atom. The number of carbonyl (C=O) groups is 1. The van der Waals surface area contributed by atoms with Crippen molar-refractivity contribution in [3.8, 4) is 0 Å². The Balaban J connectivity index is 1.71.